The molecule has 0 aliphatic carbocycles. The maximum absolute atomic E-state index is 6.40. The van der Waals surface area contributed by atoms with Crippen molar-refractivity contribution in [1.29, 1.82) is 0 Å². The van der Waals surface area contributed by atoms with Crippen LogP contribution >= 0.6 is 35.6 Å². The van der Waals surface area contributed by atoms with Crippen molar-refractivity contribution in [1.82, 2.24) is 15.5 Å². The summed E-state index contributed by atoms with van der Waals surface area (Å²) >= 11 is 6.40. The predicted molar refractivity (Wildman–Crippen MR) is 132 cm³/mol. The molecule has 2 aliphatic heterocycles. The summed E-state index contributed by atoms with van der Waals surface area (Å²) in [5.41, 5.74) is 1.02. The van der Waals surface area contributed by atoms with Gasteiger partial charge >= 0.3 is 0 Å². The predicted octanol–water partition coefficient (Wildman–Crippen LogP) is 3.14. The number of halogens is 2. The van der Waals surface area contributed by atoms with E-state index in [4.69, 9.17) is 25.8 Å². The molecule has 3 rings (SSSR count). The number of fused-ring (bicyclic) bond motifs is 1. The fourth-order valence-electron chi connectivity index (χ4n) is 3.69. The first kappa shape index (κ1) is 25.3. The fraction of sp³-hybridized carbons (Fsp3) is 0.667. The van der Waals surface area contributed by atoms with Crippen LogP contribution < -0.4 is 20.1 Å². The topological polar surface area (TPSA) is 67.4 Å². The molecular formula is C21H34ClIN4O3. The van der Waals surface area contributed by atoms with E-state index in [2.05, 4.69) is 34.4 Å². The van der Waals surface area contributed by atoms with Crippen LogP contribution in [0.25, 0.3) is 0 Å². The van der Waals surface area contributed by atoms with Crippen molar-refractivity contribution in [3.8, 4) is 11.5 Å². The number of aliphatic imine (C=N–C) groups is 1. The van der Waals surface area contributed by atoms with Crippen molar-refractivity contribution < 1.29 is 14.2 Å². The molecule has 2 aliphatic rings. The van der Waals surface area contributed by atoms with E-state index < -0.39 is 0 Å². The largest absolute Gasteiger partial charge is 0.489 e. The van der Waals surface area contributed by atoms with Crippen LogP contribution in [0.3, 0.4) is 0 Å². The lowest BCUT2D eigenvalue weighted by atomic mass is 10.0. The minimum absolute atomic E-state index is 0. The Bertz CT molecular complexity index is 699. The van der Waals surface area contributed by atoms with Gasteiger partial charge in [0.25, 0.3) is 0 Å². The van der Waals surface area contributed by atoms with Crippen LogP contribution in [0.15, 0.2) is 17.1 Å². The van der Waals surface area contributed by atoms with Gasteiger partial charge in [-0.25, -0.2) is 0 Å². The molecule has 7 nitrogen and oxygen atoms in total. The third-order valence-corrected chi connectivity index (χ3v) is 5.59. The quantitative estimate of drug-likeness (QED) is 0.321. The second-order valence-electron chi connectivity index (χ2n) is 7.72. The molecule has 0 aromatic heterocycles. The van der Waals surface area contributed by atoms with Gasteiger partial charge in [-0.15, -0.1) is 24.0 Å². The molecule has 2 heterocycles. The first-order chi connectivity index (χ1) is 14.1. The third-order valence-electron chi connectivity index (χ3n) is 5.31. The summed E-state index contributed by atoms with van der Waals surface area (Å²) in [6.07, 6.45) is 0.856. The Balaban J connectivity index is 0.00000320. The highest BCUT2D eigenvalue weighted by atomic mass is 127. The summed E-state index contributed by atoms with van der Waals surface area (Å²) in [5.74, 6) is 2.66. The molecule has 0 radical (unpaired) electrons. The van der Waals surface area contributed by atoms with E-state index in [1.54, 1.807) is 7.05 Å². The van der Waals surface area contributed by atoms with Crippen LogP contribution in [-0.2, 0) is 11.3 Å². The molecule has 1 fully saturated rings. The smallest absolute Gasteiger partial charge is 0.191 e. The molecular weight excluding hydrogens is 519 g/mol. The number of rotatable bonds is 6. The minimum Gasteiger partial charge on any atom is -0.489 e. The van der Waals surface area contributed by atoms with Gasteiger partial charge < -0.3 is 24.8 Å². The van der Waals surface area contributed by atoms with Gasteiger partial charge in [0.05, 0.1) is 31.5 Å². The van der Waals surface area contributed by atoms with Crippen LogP contribution in [0.2, 0.25) is 5.02 Å². The lowest BCUT2D eigenvalue weighted by Crippen LogP contribution is -2.52. The van der Waals surface area contributed by atoms with Crippen molar-refractivity contribution in [2.45, 2.75) is 32.9 Å². The Morgan fingerprint density at radius 1 is 1.13 bits per heavy atom. The number of ether oxygens (including phenoxy) is 3. The molecule has 1 aromatic rings. The highest BCUT2D eigenvalue weighted by Gasteiger charge is 2.24. The molecule has 170 valence electrons. The molecule has 0 bridgehead atoms. The number of nitrogens with one attached hydrogen (secondary N) is 2. The first-order valence-electron chi connectivity index (χ1n) is 10.4. The van der Waals surface area contributed by atoms with E-state index in [1.807, 2.05) is 12.1 Å². The van der Waals surface area contributed by atoms with Gasteiger partial charge in [-0.1, -0.05) is 25.4 Å². The van der Waals surface area contributed by atoms with Gasteiger partial charge in [-0.05, 0) is 23.6 Å². The maximum atomic E-state index is 6.40. The number of nitrogens with zero attached hydrogens (tertiary/aromatic N) is 2. The zero-order valence-corrected chi connectivity index (χ0v) is 21.2. The monoisotopic (exact) mass is 552 g/mol. The molecule has 0 spiro atoms. The van der Waals surface area contributed by atoms with Gasteiger partial charge in [0.2, 0.25) is 0 Å². The molecule has 1 aromatic carbocycles. The standard InChI is InChI=1S/C21H33ClN4O3.HI/c1-15(2)18(26-5-9-27-10-6-26)14-25-21(23-3)24-13-16-11-17(22)20-19(12-16)28-7-4-8-29-20;/h11-12,15,18H,4-10,13-14H2,1-3H3,(H2,23,24,25);1H. The zero-order valence-electron chi connectivity index (χ0n) is 18.1. The van der Waals surface area contributed by atoms with Crippen molar-refractivity contribution in [2.75, 3.05) is 53.1 Å². The lowest BCUT2D eigenvalue weighted by Gasteiger charge is -2.37. The zero-order chi connectivity index (χ0) is 20.6. The summed E-state index contributed by atoms with van der Waals surface area (Å²) in [4.78, 5) is 6.86. The normalized spacial score (nSPS) is 18.4. The summed E-state index contributed by atoms with van der Waals surface area (Å²) in [5, 5.41) is 7.43. The highest BCUT2D eigenvalue weighted by molar-refractivity contribution is 14.0. The third kappa shape index (κ3) is 7.03. The lowest BCUT2D eigenvalue weighted by molar-refractivity contribution is 0.00752. The Hall–Kier alpha value is -0.970. The Labute approximate surface area is 201 Å². The van der Waals surface area contributed by atoms with Gasteiger partial charge in [-0.3, -0.25) is 9.89 Å². The molecule has 30 heavy (non-hydrogen) atoms. The van der Waals surface area contributed by atoms with Crippen LogP contribution in [0.5, 0.6) is 11.5 Å². The summed E-state index contributed by atoms with van der Waals surface area (Å²) in [6.45, 7) is 10.8. The summed E-state index contributed by atoms with van der Waals surface area (Å²) in [6, 6.07) is 4.34. The van der Waals surface area contributed by atoms with E-state index in [9.17, 15) is 0 Å². The van der Waals surface area contributed by atoms with Crippen LogP contribution in [0, 0.1) is 5.92 Å². The molecule has 9 heteroatoms. The van der Waals surface area contributed by atoms with Crippen molar-refractivity contribution in [3.63, 3.8) is 0 Å². The average molecular weight is 553 g/mol. The van der Waals surface area contributed by atoms with Crippen LogP contribution in [0.4, 0.5) is 0 Å². The second-order valence-corrected chi connectivity index (χ2v) is 8.13. The van der Waals surface area contributed by atoms with E-state index in [-0.39, 0.29) is 24.0 Å². The van der Waals surface area contributed by atoms with Crippen molar-refractivity contribution in [2.24, 2.45) is 10.9 Å². The van der Waals surface area contributed by atoms with E-state index in [0.717, 1.165) is 50.8 Å². The number of hydrogen-bond donors (Lipinski definition) is 2. The molecule has 1 unspecified atom stereocenters. The maximum Gasteiger partial charge on any atom is 0.191 e. The molecule has 2 N–H and O–H groups in total. The molecule has 1 saturated heterocycles. The van der Waals surface area contributed by atoms with Gasteiger partial charge in [0.1, 0.15) is 0 Å². The fourth-order valence-corrected chi connectivity index (χ4v) is 3.98. The first-order valence-corrected chi connectivity index (χ1v) is 10.8. The number of morpholine rings is 1. The number of hydrogen-bond acceptors (Lipinski definition) is 5. The minimum atomic E-state index is 0. The van der Waals surface area contributed by atoms with Gasteiger partial charge in [0, 0.05) is 45.7 Å². The van der Waals surface area contributed by atoms with Gasteiger partial charge in [-0.2, -0.15) is 0 Å². The average Bonchev–Trinajstić information content (AvgIpc) is 2.97. The molecule has 0 amide bonds. The van der Waals surface area contributed by atoms with E-state index >= 15 is 0 Å². The highest BCUT2D eigenvalue weighted by Crippen LogP contribution is 2.37. The van der Waals surface area contributed by atoms with Crippen LogP contribution in [0.1, 0.15) is 25.8 Å². The second kappa shape index (κ2) is 12.8. The van der Waals surface area contributed by atoms with Crippen molar-refractivity contribution >= 4 is 41.5 Å². The Morgan fingerprint density at radius 2 is 1.87 bits per heavy atom. The summed E-state index contributed by atoms with van der Waals surface area (Å²) < 4.78 is 17.0. The van der Waals surface area contributed by atoms with Crippen LogP contribution in [-0.4, -0.2) is 70.0 Å². The van der Waals surface area contributed by atoms with E-state index in [1.165, 1.54) is 0 Å². The Morgan fingerprint density at radius 3 is 2.57 bits per heavy atom. The van der Waals surface area contributed by atoms with Gasteiger partial charge in [0.15, 0.2) is 17.5 Å². The van der Waals surface area contributed by atoms with Crippen molar-refractivity contribution in [3.05, 3.63) is 22.7 Å². The number of benzene rings is 1. The molecule has 1 atom stereocenters. The van der Waals surface area contributed by atoms with E-state index in [0.29, 0.717) is 48.2 Å². The summed E-state index contributed by atoms with van der Waals surface area (Å²) in [7, 11) is 1.79. The molecule has 0 saturated carbocycles. The SMILES string of the molecule is CN=C(NCc1cc(Cl)c2c(c1)OCCCO2)NCC(C(C)C)N1CCOCC1.I. The number of guanidine groups is 1. The Kier molecular flexibility index (Phi) is 10.8.